The Morgan fingerprint density at radius 1 is 1.27 bits per heavy atom. The monoisotopic (exact) mass is 234 g/mol. The average molecular weight is 234 g/mol. The Morgan fingerprint density at radius 3 is 1.93 bits per heavy atom. The Kier molecular flexibility index (Phi) is 5.84. The summed E-state index contributed by atoms with van der Waals surface area (Å²) in [6.45, 7) is 4.07. The molecule has 86 valence electrons. The normalized spacial score (nSPS) is 12.0. The SMILES string of the molecule is CC(=O)OC(OC(C)=O)C(C)CC(O)=S. The molecule has 5 nitrogen and oxygen atoms in total. The van der Waals surface area contributed by atoms with Crippen molar-refractivity contribution in [1.82, 2.24) is 0 Å². The van der Waals surface area contributed by atoms with Gasteiger partial charge < -0.3 is 14.6 Å². The van der Waals surface area contributed by atoms with Gasteiger partial charge in [-0.05, 0) is 12.2 Å². The predicted molar refractivity (Wildman–Crippen MR) is 56.3 cm³/mol. The third kappa shape index (κ3) is 6.84. The number of aliphatic hydroxyl groups excluding tert-OH is 1. The number of carbonyl (C=O) groups excluding carboxylic acids is 2. The molecule has 0 saturated carbocycles. The molecule has 0 aromatic carbocycles. The smallest absolute Gasteiger partial charge is 0.305 e. The molecule has 0 fully saturated rings. The van der Waals surface area contributed by atoms with E-state index in [1.54, 1.807) is 6.92 Å². The molecule has 0 bridgehead atoms. The first-order valence-electron chi connectivity index (χ1n) is 4.39. The van der Waals surface area contributed by atoms with Crippen molar-refractivity contribution in [2.75, 3.05) is 0 Å². The Morgan fingerprint density at radius 2 is 1.67 bits per heavy atom. The minimum Gasteiger partial charge on any atom is -0.502 e. The highest BCUT2D eigenvalue weighted by Gasteiger charge is 2.24. The minimum atomic E-state index is -1.01. The van der Waals surface area contributed by atoms with E-state index in [0.717, 1.165) is 0 Å². The molecule has 15 heavy (non-hydrogen) atoms. The highest BCUT2D eigenvalue weighted by Crippen LogP contribution is 2.14. The molecule has 0 heterocycles. The van der Waals surface area contributed by atoms with Crippen molar-refractivity contribution in [1.29, 1.82) is 0 Å². The fourth-order valence-electron chi connectivity index (χ4n) is 0.955. The number of thiocarbonyl (C=S) groups is 1. The molecule has 0 aromatic heterocycles. The Bertz CT molecular complexity index is 247. The summed E-state index contributed by atoms with van der Waals surface area (Å²) in [6.07, 6.45) is -0.884. The van der Waals surface area contributed by atoms with Crippen molar-refractivity contribution in [2.45, 2.75) is 33.5 Å². The molecule has 0 spiro atoms. The first-order chi connectivity index (χ1) is 6.82. The fraction of sp³-hybridized carbons (Fsp3) is 0.667. The van der Waals surface area contributed by atoms with Crippen molar-refractivity contribution in [3.8, 4) is 0 Å². The van der Waals surface area contributed by atoms with E-state index in [4.69, 9.17) is 14.6 Å². The van der Waals surface area contributed by atoms with E-state index in [1.165, 1.54) is 13.8 Å². The summed E-state index contributed by atoms with van der Waals surface area (Å²) in [5.41, 5.74) is 0. The fourth-order valence-corrected chi connectivity index (χ4v) is 1.22. The van der Waals surface area contributed by atoms with Gasteiger partial charge >= 0.3 is 11.9 Å². The van der Waals surface area contributed by atoms with Gasteiger partial charge in [-0.1, -0.05) is 6.92 Å². The second-order valence-electron chi connectivity index (χ2n) is 3.16. The highest BCUT2D eigenvalue weighted by atomic mass is 32.1. The maximum absolute atomic E-state index is 10.7. The van der Waals surface area contributed by atoms with Crippen LogP contribution in [0.4, 0.5) is 0 Å². The van der Waals surface area contributed by atoms with E-state index < -0.39 is 18.2 Å². The van der Waals surface area contributed by atoms with Crippen LogP contribution in [-0.4, -0.2) is 28.4 Å². The Balaban J connectivity index is 4.38. The van der Waals surface area contributed by atoms with Crippen molar-refractivity contribution in [2.24, 2.45) is 5.92 Å². The van der Waals surface area contributed by atoms with E-state index in [1.807, 2.05) is 0 Å². The molecule has 0 aliphatic rings. The first-order valence-corrected chi connectivity index (χ1v) is 4.80. The number of hydrogen-bond donors (Lipinski definition) is 1. The molecule has 0 aliphatic carbocycles. The van der Waals surface area contributed by atoms with Crippen molar-refractivity contribution in [3.05, 3.63) is 0 Å². The molecule has 0 amide bonds. The Labute approximate surface area is 93.4 Å². The molecule has 0 rings (SSSR count). The molecule has 0 aromatic rings. The molecule has 0 radical (unpaired) electrons. The summed E-state index contributed by atoms with van der Waals surface area (Å²) >= 11 is 4.49. The minimum absolute atomic E-state index is 0.126. The molecule has 1 unspecified atom stereocenters. The topological polar surface area (TPSA) is 72.8 Å². The highest BCUT2D eigenvalue weighted by molar-refractivity contribution is 7.80. The molecule has 0 saturated heterocycles. The third-order valence-corrected chi connectivity index (χ3v) is 1.69. The summed E-state index contributed by atoms with van der Waals surface area (Å²) in [5, 5.41) is 8.67. The van der Waals surface area contributed by atoms with E-state index in [0.29, 0.717) is 0 Å². The first kappa shape index (κ1) is 13.8. The molecule has 1 atom stereocenters. The number of carbonyl (C=O) groups is 2. The second kappa shape index (κ2) is 6.34. The maximum Gasteiger partial charge on any atom is 0.305 e. The summed E-state index contributed by atoms with van der Waals surface area (Å²) in [7, 11) is 0. The lowest BCUT2D eigenvalue weighted by molar-refractivity contribution is -0.193. The number of ether oxygens (including phenoxy) is 2. The lowest BCUT2D eigenvalue weighted by Gasteiger charge is -2.22. The van der Waals surface area contributed by atoms with Gasteiger partial charge in [0, 0.05) is 26.2 Å². The van der Waals surface area contributed by atoms with Crippen LogP contribution in [0.1, 0.15) is 27.2 Å². The van der Waals surface area contributed by atoms with Gasteiger partial charge in [-0.3, -0.25) is 9.59 Å². The Hall–Kier alpha value is -1.17. The maximum atomic E-state index is 10.7. The van der Waals surface area contributed by atoms with E-state index in [-0.39, 0.29) is 17.4 Å². The molecular weight excluding hydrogens is 220 g/mol. The zero-order valence-corrected chi connectivity index (χ0v) is 9.67. The van der Waals surface area contributed by atoms with Gasteiger partial charge in [0.15, 0.2) is 5.05 Å². The lowest BCUT2D eigenvalue weighted by atomic mass is 10.1. The zero-order chi connectivity index (χ0) is 12.0. The third-order valence-electron chi connectivity index (χ3n) is 1.53. The second-order valence-corrected chi connectivity index (χ2v) is 3.63. The van der Waals surface area contributed by atoms with Gasteiger partial charge in [-0.25, -0.2) is 0 Å². The molecule has 6 heteroatoms. The van der Waals surface area contributed by atoms with Crippen LogP contribution >= 0.6 is 12.2 Å². The van der Waals surface area contributed by atoms with Crippen molar-refractivity contribution < 1.29 is 24.2 Å². The summed E-state index contributed by atoms with van der Waals surface area (Å²) in [4.78, 5) is 21.4. The van der Waals surface area contributed by atoms with Gasteiger partial charge in [-0.15, -0.1) is 0 Å². The standard InChI is InChI=1S/C9H14O5S/c1-5(4-8(12)15)9(13-6(2)10)14-7(3)11/h5,9H,4H2,1-3H3,(H,12,15). The summed E-state index contributed by atoms with van der Waals surface area (Å²) in [6, 6.07) is 0. The summed E-state index contributed by atoms with van der Waals surface area (Å²) < 4.78 is 9.54. The largest absolute Gasteiger partial charge is 0.502 e. The number of esters is 2. The van der Waals surface area contributed by atoms with Crippen LogP contribution in [-0.2, 0) is 19.1 Å². The van der Waals surface area contributed by atoms with Crippen LogP contribution in [0.5, 0.6) is 0 Å². The molecule has 0 aliphatic heterocycles. The number of hydrogen-bond acceptors (Lipinski definition) is 5. The number of rotatable bonds is 5. The predicted octanol–water partition coefficient (Wildman–Crippen LogP) is 1.35. The van der Waals surface area contributed by atoms with Gasteiger partial charge in [0.2, 0.25) is 6.29 Å². The molecular formula is C9H14O5S. The van der Waals surface area contributed by atoms with Gasteiger partial charge in [0.05, 0.1) is 0 Å². The number of aliphatic hydroxyl groups is 1. The van der Waals surface area contributed by atoms with Crippen LogP contribution < -0.4 is 0 Å². The van der Waals surface area contributed by atoms with Crippen LogP contribution in [0.15, 0.2) is 0 Å². The van der Waals surface area contributed by atoms with Gasteiger partial charge in [0.1, 0.15) is 0 Å². The summed E-state index contributed by atoms with van der Waals surface area (Å²) in [5.74, 6) is -1.50. The van der Waals surface area contributed by atoms with Gasteiger partial charge in [0.25, 0.3) is 0 Å². The average Bonchev–Trinajstić information content (AvgIpc) is 1.99. The van der Waals surface area contributed by atoms with E-state index in [2.05, 4.69) is 12.2 Å². The van der Waals surface area contributed by atoms with Crippen LogP contribution in [0, 0.1) is 5.92 Å². The molecule has 1 N–H and O–H groups in total. The van der Waals surface area contributed by atoms with Crippen LogP contribution in [0.3, 0.4) is 0 Å². The van der Waals surface area contributed by atoms with Crippen molar-refractivity contribution in [3.63, 3.8) is 0 Å². The van der Waals surface area contributed by atoms with Gasteiger partial charge in [-0.2, -0.15) is 0 Å². The van der Waals surface area contributed by atoms with Crippen LogP contribution in [0.25, 0.3) is 0 Å². The quantitative estimate of drug-likeness (QED) is 0.440. The van der Waals surface area contributed by atoms with Crippen LogP contribution in [0.2, 0.25) is 0 Å². The lowest BCUT2D eigenvalue weighted by Crippen LogP contribution is -2.30. The van der Waals surface area contributed by atoms with E-state index in [9.17, 15) is 9.59 Å². The van der Waals surface area contributed by atoms with Crippen molar-refractivity contribution >= 4 is 29.2 Å². The van der Waals surface area contributed by atoms with E-state index >= 15 is 0 Å². The zero-order valence-electron chi connectivity index (χ0n) is 8.85.